The third kappa shape index (κ3) is 3.44. The second-order valence-corrected chi connectivity index (χ2v) is 8.40. The topological polar surface area (TPSA) is 92.5 Å². The zero-order valence-corrected chi connectivity index (χ0v) is 16.0. The Balaban J connectivity index is 1.68. The number of carbonyl (C=O) groups excluding carboxylic acids is 2. The molecular weight excluding hydrogens is 390 g/mol. The van der Waals surface area contributed by atoms with Crippen LogP contribution in [0.5, 0.6) is 0 Å². The summed E-state index contributed by atoms with van der Waals surface area (Å²) in [5, 5.41) is 15.1. The fraction of sp³-hybridized carbons (Fsp3) is 0.444. The number of fused-ring (bicyclic) bond motifs is 1. The van der Waals surface area contributed by atoms with Gasteiger partial charge in [-0.2, -0.15) is 0 Å². The highest BCUT2D eigenvalue weighted by Gasteiger charge is 2.41. The molecule has 142 valence electrons. The van der Waals surface area contributed by atoms with Crippen LogP contribution >= 0.6 is 22.9 Å². The Morgan fingerprint density at radius 2 is 2.07 bits per heavy atom. The minimum atomic E-state index is -0.481. The Bertz CT molecular complexity index is 934. The third-order valence-corrected chi connectivity index (χ3v) is 6.68. The number of rotatable bonds is 4. The molecule has 1 saturated heterocycles. The summed E-state index contributed by atoms with van der Waals surface area (Å²) < 4.78 is 0.570. The van der Waals surface area contributed by atoms with Gasteiger partial charge in [0.1, 0.15) is 4.88 Å². The van der Waals surface area contributed by atoms with Gasteiger partial charge < -0.3 is 5.32 Å². The molecule has 9 heteroatoms. The van der Waals surface area contributed by atoms with Gasteiger partial charge in [-0.15, -0.1) is 11.3 Å². The van der Waals surface area contributed by atoms with Crippen molar-refractivity contribution in [2.24, 2.45) is 5.92 Å². The Morgan fingerprint density at radius 1 is 1.30 bits per heavy atom. The van der Waals surface area contributed by atoms with Crippen molar-refractivity contribution < 1.29 is 14.5 Å². The Labute approximate surface area is 164 Å². The van der Waals surface area contributed by atoms with Crippen molar-refractivity contribution in [2.75, 3.05) is 13.1 Å². The maximum atomic E-state index is 13.2. The van der Waals surface area contributed by atoms with Gasteiger partial charge in [0.05, 0.1) is 15.9 Å². The Morgan fingerprint density at radius 3 is 2.70 bits per heavy atom. The molecule has 2 aromatic rings. The number of nitro groups is 1. The maximum absolute atomic E-state index is 13.2. The average Bonchev–Trinajstić information content (AvgIpc) is 3.45. The summed E-state index contributed by atoms with van der Waals surface area (Å²) in [5.41, 5.74) is -0.0529. The van der Waals surface area contributed by atoms with E-state index in [4.69, 9.17) is 11.6 Å². The van der Waals surface area contributed by atoms with E-state index in [2.05, 4.69) is 5.32 Å². The standard InChI is InChI=1S/C18H18ClN3O4S/c19-15-13-6-5-12(22(25)26)8-14(13)27-16(15)18(24)21(11-3-4-11)17(23)10-2-1-7-20-9-10/h5-6,8,10-11,20H,1-4,7,9H2. The van der Waals surface area contributed by atoms with E-state index in [9.17, 15) is 19.7 Å². The van der Waals surface area contributed by atoms with E-state index >= 15 is 0 Å². The van der Waals surface area contributed by atoms with Crippen LogP contribution in [0, 0.1) is 16.0 Å². The zero-order valence-electron chi connectivity index (χ0n) is 14.4. The molecule has 2 amide bonds. The first kappa shape index (κ1) is 18.3. The summed E-state index contributed by atoms with van der Waals surface area (Å²) in [4.78, 5) is 38.4. The lowest BCUT2D eigenvalue weighted by Crippen LogP contribution is -2.46. The van der Waals surface area contributed by atoms with Crippen molar-refractivity contribution in [3.05, 3.63) is 38.2 Å². The highest BCUT2D eigenvalue weighted by molar-refractivity contribution is 7.21. The molecule has 1 saturated carbocycles. The number of hydrogen-bond donors (Lipinski definition) is 1. The number of imide groups is 1. The van der Waals surface area contributed by atoms with Crippen molar-refractivity contribution in [1.29, 1.82) is 0 Å². The number of nitrogens with one attached hydrogen (secondary N) is 1. The van der Waals surface area contributed by atoms with Crippen LogP contribution in [0.25, 0.3) is 10.1 Å². The summed E-state index contributed by atoms with van der Waals surface area (Å²) in [6.07, 6.45) is 3.31. The number of nitro benzene ring substituents is 1. The van der Waals surface area contributed by atoms with Crippen LogP contribution in [0.2, 0.25) is 5.02 Å². The fourth-order valence-corrected chi connectivity index (χ4v) is 4.93. The molecule has 2 aliphatic rings. The average molecular weight is 408 g/mol. The van der Waals surface area contributed by atoms with Gasteiger partial charge in [0.25, 0.3) is 11.6 Å². The van der Waals surface area contributed by atoms with Crippen LogP contribution in [0.1, 0.15) is 35.4 Å². The number of halogens is 1. The van der Waals surface area contributed by atoms with Gasteiger partial charge in [-0.05, 0) is 38.3 Å². The van der Waals surface area contributed by atoms with Gasteiger partial charge in [-0.1, -0.05) is 11.6 Å². The van der Waals surface area contributed by atoms with Crippen LogP contribution in [0.15, 0.2) is 18.2 Å². The number of benzene rings is 1. The van der Waals surface area contributed by atoms with E-state index in [0.717, 1.165) is 43.6 Å². The number of non-ortho nitro benzene ring substituents is 1. The Kier molecular flexibility index (Phi) is 4.88. The minimum absolute atomic E-state index is 0.0529. The lowest BCUT2D eigenvalue weighted by atomic mass is 9.98. The first-order valence-corrected chi connectivity index (χ1v) is 10.1. The molecule has 0 bridgehead atoms. The SMILES string of the molecule is O=C(c1sc2cc([N+](=O)[O-])ccc2c1Cl)N(C(=O)C1CCCNC1)C1CC1. The molecule has 1 N–H and O–H groups in total. The summed E-state index contributed by atoms with van der Waals surface area (Å²) in [6, 6.07) is 4.27. The summed E-state index contributed by atoms with van der Waals surface area (Å²) in [6.45, 7) is 1.48. The molecule has 27 heavy (non-hydrogen) atoms. The summed E-state index contributed by atoms with van der Waals surface area (Å²) in [5.74, 6) is -0.728. The van der Waals surface area contributed by atoms with Crippen molar-refractivity contribution in [3.63, 3.8) is 0 Å². The van der Waals surface area contributed by atoms with Crippen molar-refractivity contribution >= 4 is 50.5 Å². The molecule has 4 rings (SSSR count). The molecule has 2 fully saturated rings. The number of piperidine rings is 1. The first-order chi connectivity index (χ1) is 13.0. The molecule has 0 radical (unpaired) electrons. The molecular formula is C18H18ClN3O4S. The molecule has 0 spiro atoms. The summed E-state index contributed by atoms with van der Waals surface area (Å²) in [7, 11) is 0. The number of thiophene rings is 1. The number of amides is 2. The minimum Gasteiger partial charge on any atom is -0.316 e. The van der Waals surface area contributed by atoms with Crippen molar-refractivity contribution in [3.8, 4) is 0 Å². The highest BCUT2D eigenvalue weighted by atomic mass is 35.5. The van der Waals surface area contributed by atoms with E-state index in [1.807, 2.05) is 0 Å². The van der Waals surface area contributed by atoms with Crippen molar-refractivity contribution in [2.45, 2.75) is 31.7 Å². The molecule has 1 aliphatic heterocycles. The molecule has 1 unspecified atom stereocenters. The largest absolute Gasteiger partial charge is 0.316 e. The molecule has 7 nitrogen and oxygen atoms in total. The van der Waals surface area contributed by atoms with E-state index in [1.54, 1.807) is 6.07 Å². The van der Waals surface area contributed by atoms with Crippen LogP contribution in [-0.2, 0) is 4.79 Å². The molecule has 1 atom stereocenters. The van der Waals surface area contributed by atoms with Crippen molar-refractivity contribution in [1.82, 2.24) is 10.2 Å². The van der Waals surface area contributed by atoms with Gasteiger partial charge in [0.15, 0.2) is 0 Å². The maximum Gasteiger partial charge on any atom is 0.272 e. The van der Waals surface area contributed by atoms with E-state index < -0.39 is 4.92 Å². The zero-order chi connectivity index (χ0) is 19.1. The van der Waals surface area contributed by atoms with Gasteiger partial charge >= 0.3 is 0 Å². The van der Waals surface area contributed by atoms with Gasteiger partial charge in [0, 0.05) is 34.8 Å². The van der Waals surface area contributed by atoms with Gasteiger partial charge in [0.2, 0.25) is 5.91 Å². The third-order valence-electron chi connectivity index (χ3n) is 5.03. The molecule has 2 heterocycles. The first-order valence-electron chi connectivity index (χ1n) is 8.92. The molecule has 1 aliphatic carbocycles. The van der Waals surface area contributed by atoms with Crippen LogP contribution in [-0.4, -0.2) is 40.8 Å². The lowest BCUT2D eigenvalue weighted by molar-refractivity contribution is -0.384. The van der Waals surface area contributed by atoms with Crippen LogP contribution in [0.3, 0.4) is 0 Å². The predicted octanol–water partition coefficient (Wildman–Crippen LogP) is 3.59. The number of nitrogens with zero attached hydrogens (tertiary/aromatic N) is 2. The second kappa shape index (κ2) is 7.18. The number of hydrogen-bond acceptors (Lipinski definition) is 6. The summed E-state index contributed by atoms with van der Waals surface area (Å²) >= 11 is 7.52. The molecule has 1 aromatic heterocycles. The van der Waals surface area contributed by atoms with Crippen LogP contribution < -0.4 is 5.32 Å². The predicted molar refractivity (Wildman–Crippen MR) is 103 cm³/mol. The second-order valence-electron chi connectivity index (χ2n) is 6.97. The number of carbonyl (C=O) groups is 2. The normalized spacial score (nSPS) is 19.8. The highest BCUT2D eigenvalue weighted by Crippen LogP contribution is 2.40. The van der Waals surface area contributed by atoms with Gasteiger partial charge in [-0.25, -0.2) is 0 Å². The smallest absolute Gasteiger partial charge is 0.272 e. The quantitative estimate of drug-likeness (QED) is 0.475. The lowest BCUT2D eigenvalue weighted by Gasteiger charge is -2.28. The fourth-order valence-electron chi connectivity index (χ4n) is 3.45. The van der Waals surface area contributed by atoms with E-state index in [0.29, 0.717) is 16.6 Å². The van der Waals surface area contributed by atoms with E-state index in [1.165, 1.54) is 17.0 Å². The monoisotopic (exact) mass is 407 g/mol. The van der Waals surface area contributed by atoms with Crippen LogP contribution in [0.4, 0.5) is 5.69 Å². The van der Waals surface area contributed by atoms with E-state index in [-0.39, 0.29) is 39.4 Å². The van der Waals surface area contributed by atoms with Gasteiger partial charge in [-0.3, -0.25) is 24.6 Å². The molecule has 1 aromatic carbocycles. The Hall–Kier alpha value is -2.03.